The third-order valence-corrected chi connectivity index (χ3v) is 7.00. The van der Waals surface area contributed by atoms with Crippen molar-refractivity contribution in [1.82, 2.24) is 24.3 Å². The third kappa shape index (κ3) is 4.22. The van der Waals surface area contributed by atoms with Gasteiger partial charge in [-0.05, 0) is 35.6 Å². The standard InChI is InChI=1S/C23H21N5OS2/c29-22-24-18-10-4-5-11-19(18)27(22)13-7-15-31-23-26-25-21(20-12-6-14-30-20)28(23)16-17-8-2-1-3-9-17/h1-6,8-12,14H,7,13,15-16H2,(H,24,29). The molecule has 1 N–H and O–H groups in total. The lowest BCUT2D eigenvalue weighted by Crippen LogP contribution is -2.17. The van der Waals surface area contributed by atoms with Crippen LogP contribution in [0, 0.1) is 0 Å². The molecule has 5 aromatic rings. The molecule has 0 aliphatic rings. The molecule has 156 valence electrons. The van der Waals surface area contributed by atoms with Gasteiger partial charge in [0.15, 0.2) is 11.0 Å². The van der Waals surface area contributed by atoms with Gasteiger partial charge in [0.05, 0.1) is 22.5 Å². The number of thioether (sulfide) groups is 1. The Morgan fingerprint density at radius 3 is 2.61 bits per heavy atom. The van der Waals surface area contributed by atoms with Gasteiger partial charge in [0.1, 0.15) is 0 Å². The molecular formula is C23H21N5OS2. The number of para-hydroxylation sites is 2. The predicted octanol–water partition coefficient (Wildman–Crippen LogP) is 4.88. The van der Waals surface area contributed by atoms with Crippen molar-refractivity contribution in [2.24, 2.45) is 0 Å². The highest BCUT2D eigenvalue weighted by Crippen LogP contribution is 2.28. The zero-order valence-corrected chi connectivity index (χ0v) is 18.4. The van der Waals surface area contributed by atoms with E-state index in [0.29, 0.717) is 6.54 Å². The van der Waals surface area contributed by atoms with Crippen LogP contribution in [0.3, 0.4) is 0 Å². The molecule has 0 unspecified atom stereocenters. The van der Waals surface area contributed by atoms with E-state index >= 15 is 0 Å². The molecule has 3 aromatic heterocycles. The van der Waals surface area contributed by atoms with Crippen molar-refractivity contribution in [2.45, 2.75) is 24.7 Å². The number of hydrogen-bond donors (Lipinski definition) is 1. The van der Waals surface area contributed by atoms with Gasteiger partial charge in [-0.25, -0.2) is 4.79 Å². The molecule has 0 amide bonds. The van der Waals surface area contributed by atoms with Crippen LogP contribution in [-0.2, 0) is 13.1 Å². The quantitative estimate of drug-likeness (QED) is 0.272. The van der Waals surface area contributed by atoms with Gasteiger partial charge in [0.2, 0.25) is 0 Å². The highest BCUT2D eigenvalue weighted by atomic mass is 32.2. The fourth-order valence-corrected chi connectivity index (χ4v) is 5.19. The number of thiophene rings is 1. The normalized spacial score (nSPS) is 11.4. The minimum atomic E-state index is -0.0570. The van der Waals surface area contributed by atoms with Gasteiger partial charge in [-0.2, -0.15) is 0 Å². The summed E-state index contributed by atoms with van der Waals surface area (Å²) in [6.45, 7) is 1.39. The second-order valence-corrected chi connectivity index (χ2v) is 9.17. The Balaban J connectivity index is 1.32. The van der Waals surface area contributed by atoms with E-state index in [-0.39, 0.29) is 5.69 Å². The molecular weight excluding hydrogens is 426 g/mol. The molecule has 0 aliphatic heterocycles. The Morgan fingerprint density at radius 1 is 0.935 bits per heavy atom. The summed E-state index contributed by atoms with van der Waals surface area (Å²) >= 11 is 3.36. The van der Waals surface area contributed by atoms with Crippen LogP contribution in [0.25, 0.3) is 21.7 Å². The van der Waals surface area contributed by atoms with Gasteiger partial charge in [-0.15, -0.1) is 21.5 Å². The van der Waals surface area contributed by atoms with E-state index in [4.69, 9.17) is 0 Å². The number of nitrogens with zero attached hydrogens (tertiary/aromatic N) is 4. The number of nitrogens with one attached hydrogen (secondary N) is 1. The fraction of sp³-hybridized carbons (Fsp3) is 0.174. The van der Waals surface area contributed by atoms with Crippen molar-refractivity contribution in [3.05, 3.63) is 88.2 Å². The summed E-state index contributed by atoms with van der Waals surface area (Å²) in [6, 6.07) is 22.3. The maximum absolute atomic E-state index is 12.3. The Labute approximate surface area is 187 Å². The number of imidazole rings is 1. The molecule has 0 bridgehead atoms. The summed E-state index contributed by atoms with van der Waals surface area (Å²) in [5, 5.41) is 11.9. The first kappa shape index (κ1) is 19.8. The lowest BCUT2D eigenvalue weighted by atomic mass is 10.2. The average molecular weight is 448 g/mol. The molecule has 0 spiro atoms. The number of aromatic nitrogens is 5. The van der Waals surface area contributed by atoms with Crippen LogP contribution in [0.5, 0.6) is 0 Å². The summed E-state index contributed by atoms with van der Waals surface area (Å²) in [4.78, 5) is 16.3. The number of H-pyrrole nitrogens is 1. The van der Waals surface area contributed by atoms with E-state index < -0.39 is 0 Å². The molecule has 8 heteroatoms. The number of benzene rings is 2. The number of aromatic amines is 1. The fourth-order valence-electron chi connectivity index (χ4n) is 3.61. The van der Waals surface area contributed by atoms with Crippen LogP contribution >= 0.6 is 23.1 Å². The van der Waals surface area contributed by atoms with Crippen LogP contribution in [-0.4, -0.2) is 30.1 Å². The first-order valence-corrected chi connectivity index (χ1v) is 12.0. The van der Waals surface area contributed by atoms with E-state index in [9.17, 15) is 4.79 Å². The second kappa shape index (κ2) is 8.95. The number of fused-ring (bicyclic) bond motifs is 1. The summed E-state index contributed by atoms with van der Waals surface area (Å²) < 4.78 is 3.99. The summed E-state index contributed by atoms with van der Waals surface area (Å²) in [7, 11) is 0. The van der Waals surface area contributed by atoms with Gasteiger partial charge in [-0.3, -0.25) is 9.13 Å². The van der Waals surface area contributed by atoms with Crippen LogP contribution < -0.4 is 5.69 Å². The van der Waals surface area contributed by atoms with Crippen molar-refractivity contribution in [1.29, 1.82) is 0 Å². The Morgan fingerprint density at radius 2 is 1.77 bits per heavy atom. The SMILES string of the molecule is O=c1[nH]c2ccccc2n1CCCSc1nnc(-c2cccs2)n1Cc1ccccc1. The molecule has 3 heterocycles. The van der Waals surface area contributed by atoms with E-state index in [0.717, 1.165) is 45.6 Å². The molecule has 0 saturated heterocycles. The zero-order chi connectivity index (χ0) is 21.0. The Kier molecular flexibility index (Phi) is 5.73. The minimum absolute atomic E-state index is 0.0570. The first-order chi connectivity index (χ1) is 15.3. The van der Waals surface area contributed by atoms with Crippen LogP contribution in [0.1, 0.15) is 12.0 Å². The lowest BCUT2D eigenvalue weighted by molar-refractivity contribution is 0.675. The smallest absolute Gasteiger partial charge is 0.306 e. The second-order valence-electron chi connectivity index (χ2n) is 7.16. The third-order valence-electron chi connectivity index (χ3n) is 5.08. The molecule has 6 nitrogen and oxygen atoms in total. The number of aryl methyl sites for hydroxylation is 1. The molecule has 0 radical (unpaired) electrons. The first-order valence-electron chi connectivity index (χ1n) is 10.1. The number of rotatable bonds is 8. The van der Waals surface area contributed by atoms with E-state index in [1.54, 1.807) is 23.1 Å². The summed E-state index contributed by atoms with van der Waals surface area (Å²) in [5.74, 6) is 1.75. The molecule has 0 aliphatic carbocycles. The Hall–Kier alpha value is -3.10. The Bertz CT molecular complexity index is 1340. The summed E-state index contributed by atoms with van der Waals surface area (Å²) in [6.07, 6.45) is 0.860. The largest absolute Gasteiger partial charge is 0.326 e. The van der Waals surface area contributed by atoms with Crippen molar-refractivity contribution >= 4 is 34.1 Å². The molecule has 0 fully saturated rings. The van der Waals surface area contributed by atoms with Crippen molar-refractivity contribution in [3.8, 4) is 10.7 Å². The van der Waals surface area contributed by atoms with Crippen molar-refractivity contribution in [3.63, 3.8) is 0 Å². The van der Waals surface area contributed by atoms with Crippen molar-refractivity contribution < 1.29 is 0 Å². The van der Waals surface area contributed by atoms with Gasteiger partial charge >= 0.3 is 5.69 Å². The summed E-state index contributed by atoms with van der Waals surface area (Å²) in [5.41, 5.74) is 2.98. The van der Waals surface area contributed by atoms with Crippen molar-refractivity contribution in [2.75, 3.05) is 5.75 Å². The predicted molar refractivity (Wildman–Crippen MR) is 127 cm³/mol. The molecule has 2 aromatic carbocycles. The molecule has 0 saturated carbocycles. The molecule has 5 rings (SSSR count). The van der Waals surface area contributed by atoms with Gasteiger partial charge in [-0.1, -0.05) is 60.3 Å². The van der Waals surface area contributed by atoms with Gasteiger partial charge in [0, 0.05) is 12.3 Å². The average Bonchev–Trinajstić information content (AvgIpc) is 3.52. The van der Waals surface area contributed by atoms with Crippen LogP contribution in [0.4, 0.5) is 0 Å². The highest BCUT2D eigenvalue weighted by Gasteiger charge is 2.15. The lowest BCUT2D eigenvalue weighted by Gasteiger charge is -2.10. The molecule has 0 atom stereocenters. The monoisotopic (exact) mass is 447 g/mol. The maximum Gasteiger partial charge on any atom is 0.326 e. The molecule has 31 heavy (non-hydrogen) atoms. The van der Waals surface area contributed by atoms with E-state index in [1.165, 1.54) is 5.56 Å². The maximum atomic E-state index is 12.3. The van der Waals surface area contributed by atoms with Crippen LogP contribution in [0.15, 0.2) is 82.1 Å². The van der Waals surface area contributed by atoms with Gasteiger partial charge in [0.25, 0.3) is 0 Å². The van der Waals surface area contributed by atoms with E-state index in [1.807, 2.05) is 41.0 Å². The van der Waals surface area contributed by atoms with E-state index in [2.05, 4.69) is 55.5 Å². The van der Waals surface area contributed by atoms with Gasteiger partial charge < -0.3 is 4.98 Å². The topological polar surface area (TPSA) is 68.5 Å². The van der Waals surface area contributed by atoms with Crippen LogP contribution in [0.2, 0.25) is 0 Å². The zero-order valence-electron chi connectivity index (χ0n) is 16.8. The minimum Gasteiger partial charge on any atom is -0.306 e. The number of hydrogen-bond acceptors (Lipinski definition) is 5. The highest BCUT2D eigenvalue weighted by molar-refractivity contribution is 7.99.